The lowest BCUT2D eigenvalue weighted by atomic mass is 10.1. The van der Waals surface area contributed by atoms with Crippen LogP contribution in [0.4, 0.5) is 0 Å². The molecule has 23 heavy (non-hydrogen) atoms. The second-order valence-corrected chi connectivity index (χ2v) is 5.70. The molecule has 0 atom stereocenters. The Morgan fingerprint density at radius 1 is 1.13 bits per heavy atom. The van der Waals surface area contributed by atoms with Crippen LogP contribution in [0.2, 0.25) is 0 Å². The van der Waals surface area contributed by atoms with Crippen LogP contribution in [0.1, 0.15) is 11.1 Å². The molecule has 4 heteroatoms. The van der Waals surface area contributed by atoms with Gasteiger partial charge in [-0.05, 0) is 30.7 Å². The second-order valence-electron chi connectivity index (χ2n) is 5.70. The van der Waals surface area contributed by atoms with Crippen molar-refractivity contribution >= 4 is 28.6 Å². The zero-order valence-corrected chi connectivity index (χ0v) is 13.0. The third-order valence-corrected chi connectivity index (χ3v) is 4.01. The lowest BCUT2D eigenvalue weighted by molar-refractivity contribution is 0.959. The van der Waals surface area contributed by atoms with Crippen LogP contribution in [0, 0.1) is 6.92 Å². The first-order valence-corrected chi connectivity index (χ1v) is 7.81. The minimum absolute atomic E-state index is 0.813. The molecule has 1 N–H and O–H groups in total. The predicted molar refractivity (Wildman–Crippen MR) is 95.4 cm³/mol. The number of hydrogen-bond acceptors (Lipinski definition) is 3. The Balaban J connectivity index is 1.87. The number of fused-ring (bicyclic) bond motifs is 1. The highest BCUT2D eigenvalue weighted by molar-refractivity contribution is 6.23. The van der Waals surface area contributed by atoms with Gasteiger partial charge < -0.3 is 5.32 Å². The number of nitrogens with one attached hydrogen (secondary N) is 1. The molecule has 114 valence electrons. The topological polar surface area (TPSA) is 42.2 Å². The van der Waals surface area contributed by atoms with Crippen molar-refractivity contribution in [3.8, 4) is 0 Å². The Hall–Kier alpha value is -2.88. The van der Waals surface area contributed by atoms with Crippen molar-refractivity contribution < 1.29 is 0 Å². The van der Waals surface area contributed by atoms with Crippen molar-refractivity contribution in [1.29, 1.82) is 0 Å². The van der Waals surface area contributed by atoms with Crippen molar-refractivity contribution in [3.63, 3.8) is 0 Å². The molecule has 0 saturated carbocycles. The molecule has 2 aromatic carbocycles. The minimum Gasteiger partial charge on any atom is -0.367 e. The Kier molecular flexibility index (Phi) is 3.42. The molecule has 3 aromatic rings. The van der Waals surface area contributed by atoms with Gasteiger partial charge in [-0.3, -0.25) is 9.56 Å². The maximum atomic E-state index is 4.60. The van der Waals surface area contributed by atoms with Crippen molar-refractivity contribution in [2.75, 3.05) is 13.1 Å². The van der Waals surface area contributed by atoms with E-state index in [0.29, 0.717) is 0 Å². The van der Waals surface area contributed by atoms with E-state index in [1.54, 1.807) is 0 Å². The van der Waals surface area contributed by atoms with E-state index in [1.165, 1.54) is 5.56 Å². The van der Waals surface area contributed by atoms with Gasteiger partial charge in [-0.25, -0.2) is 4.98 Å². The summed E-state index contributed by atoms with van der Waals surface area (Å²) in [6.07, 6.45) is 4.03. The number of amidine groups is 1. The van der Waals surface area contributed by atoms with Gasteiger partial charge in [0, 0.05) is 6.54 Å². The van der Waals surface area contributed by atoms with Crippen LogP contribution in [0.5, 0.6) is 0 Å². The largest absolute Gasteiger partial charge is 0.367 e. The molecule has 0 bridgehead atoms. The van der Waals surface area contributed by atoms with Gasteiger partial charge in [0.2, 0.25) is 0 Å². The first-order chi connectivity index (χ1) is 11.3. The molecule has 2 heterocycles. The number of aromatic nitrogens is 2. The fourth-order valence-corrected chi connectivity index (χ4v) is 2.79. The van der Waals surface area contributed by atoms with Gasteiger partial charge in [-0.15, -0.1) is 0 Å². The van der Waals surface area contributed by atoms with Crippen LogP contribution >= 0.6 is 0 Å². The minimum atomic E-state index is 0.813. The first-order valence-electron chi connectivity index (χ1n) is 7.81. The van der Waals surface area contributed by atoms with E-state index < -0.39 is 0 Å². The predicted octanol–water partition coefficient (Wildman–Crippen LogP) is 3.34. The van der Waals surface area contributed by atoms with Crippen LogP contribution in [0.3, 0.4) is 0 Å². The third-order valence-electron chi connectivity index (χ3n) is 4.01. The number of para-hydroxylation sites is 2. The van der Waals surface area contributed by atoms with Crippen molar-refractivity contribution in [2.45, 2.75) is 6.92 Å². The third kappa shape index (κ3) is 2.63. The molecule has 0 fully saturated rings. The highest BCUT2D eigenvalue weighted by atomic mass is 15.1. The summed E-state index contributed by atoms with van der Waals surface area (Å²) in [6, 6.07) is 16.7. The van der Waals surface area contributed by atoms with Gasteiger partial charge in [-0.1, -0.05) is 42.0 Å². The lowest BCUT2D eigenvalue weighted by Gasteiger charge is -2.11. The van der Waals surface area contributed by atoms with Gasteiger partial charge in [0.15, 0.2) is 0 Å². The number of aryl methyl sites for hydroxylation is 1. The van der Waals surface area contributed by atoms with Crippen molar-refractivity contribution in [2.24, 2.45) is 4.99 Å². The zero-order chi connectivity index (χ0) is 15.6. The second kappa shape index (κ2) is 5.72. The summed E-state index contributed by atoms with van der Waals surface area (Å²) in [4.78, 5) is 9.11. The first kappa shape index (κ1) is 13.8. The molecular formula is C19H18N4. The van der Waals surface area contributed by atoms with E-state index in [0.717, 1.165) is 41.2 Å². The van der Waals surface area contributed by atoms with E-state index in [9.17, 15) is 0 Å². The average Bonchev–Trinajstić information content (AvgIpc) is 3.24. The number of benzene rings is 2. The summed E-state index contributed by atoms with van der Waals surface area (Å²) in [7, 11) is 0. The van der Waals surface area contributed by atoms with Crippen molar-refractivity contribution in [3.05, 3.63) is 66.0 Å². The molecule has 1 aromatic heterocycles. The number of hydrogen-bond donors (Lipinski definition) is 1. The summed E-state index contributed by atoms with van der Waals surface area (Å²) in [5.41, 5.74) is 5.51. The molecule has 0 radical (unpaired) electrons. The summed E-state index contributed by atoms with van der Waals surface area (Å²) in [6.45, 7) is 3.79. The van der Waals surface area contributed by atoms with E-state index in [2.05, 4.69) is 63.2 Å². The van der Waals surface area contributed by atoms with E-state index in [4.69, 9.17) is 0 Å². The number of rotatable bonds is 3. The van der Waals surface area contributed by atoms with Crippen LogP contribution in [-0.2, 0) is 0 Å². The molecule has 0 saturated heterocycles. The van der Waals surface area contributed by atoms with E-state index >= 15 is 0 Å². The highest BCUT2D eigenvalue weighted by Crippen LogP contribution is 2.21. The Morgan fingerprint density at radius 3 is 2.74 bits per heavy atom. The Labute approximate surface area is 135 Å². The van der Waals surface area contributed by atoms with Crippen LogP contribution in [0.25, 0.3) is 22.8 Å². The average molecular weight is 302 g/mol. The lowest BCUT2D eigenvalue weighted by Crippen LogP contribution is -2.22. The Morgan fingerprint density at radius 2 is 1.96 bits per heavy atom. The molecule has 0 spiro atoms. The summed E-state index contributed by atoms with van der Waals surface area (Å²) in [5.74, 6) is 0.925. The summed E-state index contributed by atoms with van der Waals surface area (Å²) in [5, 5.41) is 3.37. The van der Waals surface area contributed by atoms with Gasteiger partial charge in [0.05, 0.1) is 23.3 Å². The molecule has 1 aliphatic rings. The molecule has 0 amide bonds. The van der Waals surface area contributed by atoms with Gasteiger partial charge in [-0.2, -0.15) is 0 Å². The normalized spacial score (nSPS) is 14.8. The highest BCUT2D eigenvalue weighted by Gasteiger charge is 2.15. The van der Waals surface area contributed by atoms with Crippen LogP contribution in [-0.4, -0.2) is 28.5 Å². The monoisotopic (exact) mass is 302 g/mol. The summed E-state index contributed by atoms with van der Waals surface area (Å²) < 4.78 is 2.10. The maximum Gasteiger partial charge on any atom is 0.145 e. The standard InChI is InChI=1S/C19H18N4/c1-14-6-8-15(9-7-14)12-18(19-20-10-11-21-19)23-13-22-16-4-2-3-5-17(16)23/h2-9,12-13H,10-11H2,1H3,(H,20,21)/b18-12-. The van der Waals surface area contributed by atoms with E-state index in [1.807, 2.05) is 24.5 Å². The number of nitrogens with zero attached hydrogens (tertiary/aromatic N) is 3. The molecule has 1 aliphatic heterocycles. The molecule has 0 aliphatic carbocycles. The SMILES string of the molecule is Cc1ccc(/C=C(/C2=NCCN2)n2cnc3ccccc32)cc1. The Bertz CT molecular complexity index is 901. The van der Waals surface area contributed by atoms with Crippen LogP contribution in [0.15, 0.2) is 59.9 Å². The summed E-state index contributed by atoms with van der Waals surface area (Å²) >= 11 is 0. The quantitative estimate of drug-likeness (QED) is 0.806. The van der Waals surface area contributed by atoms with Crippen LogP contribution < -0.4 is 5.32 Å². The van der Waals surface area contributed by atoms with Gasteiger partial charge >= 0.3 is 0 Å². The van der Waals surface area contributed by atoms with Gasteiger partial charge in [0.25, 0.3) is 0 Å². The molecule has 0 unspecified atom stereocenters. The number of aliphatic imine (C=N–C) groups is 1. The smallest absolute Gasteiger partial charge is 0.145 e. The van der Waals surface area contributed by atoms with Crippen molar-refractivity contribution in [1.82, 2.24) is 14.9 Å². The number of imidazole rings is 1. The molecule has 4 rings (SSSR count). The fraction of sp³-hybridized carbons (Fsp3) is 0.158. The maximum absolute atomic E-state index is 4.60. The molecule has 4 nitrogen and oxygen atoms in total. The molecular weight excluding hydrogens is 284 g/mol. The van der Waals surface area contributed by atoms with Gasteiger partial charge in [0.1, 0.15) is 12.2 Å². The van der Waals surface area contributed by atoms with E-state index in [-0.39, 0.29) is 0 Å². The fourth-order valence-electron chi connectivity index (χ4n) is 2.79. The zero-order valence-electron chi connectivity index (χ0n) is 13.0.